The Morgan fingerprint density at radius 3 is 2.43 bits per heavy atom. The van der Waals surface area contributed by atoms with E-state index in [2.05, 4.69) is 37.9 Å². The third-order valence-electron chi connectivity index (χ3n) is 2.66. The lowest BCUT2D eigenvalue weighted by Crippen LogP contribution is -2.04. The summed E-state index contributed by atoms with van der Waals surface area (Å²) < 4.78 is 5.46. The van der Waals surface area contributed by atoms with Crippen LogP contribution in [0.3, 0.4) is 0 Å². The van der Waals surface area contributed by atoms with Gasteiger partial charge in [-0.05, 0) is 43.5 Å². The first-order valence-electron chi connectivity index (χ1n) is 4.94. The number of rotatable bonds is 1. The second-order valence-corrected chi connectivity index (χ2v) is 3.79. The second-order valence-electron chi connectivity index (χ2n) is 3.79. The molecule has 0 N–H and O–H groups in total. The molecular weight excluding hydrogens is 174 g/mol. The molecule has 0 radical (unpaired) electrons. The van der Waals surface area contributed by atoms with Gasteiger partial charge in [-0.1, -0.05) is 6.07 Å². The highest BCUT2D eigenvalue weighted by Gasteiger charge is 2.13. The van der Waals surface area contributed by atoms with Crippen molar-refractivity contribution < 1.29 is 4.74 Å². The Balaban J connectivity index is 2.47. The smallest absolute Gasteiger partial charge is 0.216 e. The molecule has 0 amide bonds. The van der Waals surface area contributed by atoms with Crippen molar-refractivity contribution >= 4 is 5.90 Å². The molecule has 0 bridgehead atoms. The molecule has 2 nitrogen and oxygen atoms in total. The number of ether oxygens (including phenoxy) is 1. The van der Waals surface area contributed by atoms with Crippen molar-refractivity contribution in [2.75, 3.05) is 13.2 Å². The molecule has 1 aromatic carbocycles. The third kappa shape index (κ3) is 1.52. The van der Waals surface area contributed by atoms with Crippen molar-refractivity contribution in [2.24, 2.45) is 4.99 Å². The second kappa shape index (κ2) is 3.45. The van der Waals surface area contributed by atoms with Gasteiger partial charge in [0.1, 0.15) is 6.61 Å². The number of hydrogen-bond acceptors (Lipinski definition) is 2. The number of aliphatic imine (C=N–C) groups is 1. The van der Waals surface area contributed by atoms with E-state index in [9.17, 15) is 0 Å². The summed E-state index contributed by atoms with van der Waals surface area (Å²) in [6.07, 6.45) is 0. The van der Waals surface area contributed by atoms with Gasteiger partial charge in [0.25, 0.3) is 0 Å². The Morgan fingerprint density at radius 2 is 1.79 bits per heavy atom. The fraction of sp³-hybridized carbons (Fsp3) is 0.417. The molecule has 0 unspecified atom stereocenters. The van der Waals surface area contributed by atoms with Crippen LogP contribution in [0.2, 0.25) is 0 Å². The maximum absolute atomic E-state index is 5.46. The molecule has 2 rings (SSSR count). The fourth-order valence-corrected chi connectivity index (χ4v) is 1.69. The van der Waals surface area contributed by atoms with E-state index in [0.29, 0.717) is 0 Å². The molecule has 0 saturated carbocycles. The minimum atomic E-state index is 0.724. The van der Waals surface area contributed by atoms with Crippen LogP contribution in [0.1, 0.15) is 22.3 Å². The zero-order valence-corrected chi connectivity index (χ0v) is 8.92. The maximum Gasteiger partial charge on any atom is 0.216 e. The van der Waals surface area contributed by atoms with Crippen LogP contribution in [0.5, 0.6) is 0 Å². The van der Waals surface area contributed by atoms with Gasteiger partial charge < -0.3 is 4.74 Å². The van der Waals surface area contributed by atoms with Gasteiger partial charge >= 0.3 is 0 Å². The van der Waals surface area contributed by atoms with E-state index >= 15 is 0 Å². The lowest BCUT2D eigenvalue weighted by molar-refractivity contribution is 0.348. The Kier molecular flexibility index (Phi) is 2.28. The third-order valence-corrected chi connectivity index (χ3v) is 2.66. The topological polar surface area (TPSA) is 21.6 Å². The number of benzene rings is 1. The summed E-state index contributed by atoms with van der Waals surface area (Å²) in [7, 11) is 0. The van der Waals surface area contributed by atoms with Gasteiger partial charge in [-0.3, -0.25) is 0 Å². The van der Waals surface area contributed by atoms with E-state index in [-0.39, 0.29) is 0 Å². The predicted octanol–water partition coefficient (Wildman–Crippen LogP) is 2.39. The highest BCUT2D eigenvalue weighted by Crippen LogP contribution is 2.18. The SMILES string of the molecule is Cc1cc(C)c(C2=NCCO2)cc1C. The van der Waals surface area contributed by atoms with E-state index in [1.165, 1.54) is 16.7 Å². The maximum atomic E-state index is 5.46. The zero-order chi connectivity index (χ0) is 10.1. The van der Waals surface area contributed by atoms with Crippen LogP contribution in [0, 0.1) is 20.8 Å². The molecule has 1 aliphatic heterocycles. The van der Waals surface area contributed by atoms with Gasteiger partial charge in [0.15, 0.2) is 0 Å². The van der Waals surface area contributed by atoms with Crippen molar-refractivity contribution in [1.82, 2.24) is 0 Å². The fourth-order valence-electron chi connectivity index (χ4n) is 1.69. The van der Waals surface area contributed by atoms with Crippen LogP contribution < -0.4 is 0 Å². The highest BCUT2D eigenvalue weighted by atomic mass is 16.5. The van der Waals surface area contributed by atoms with Crippen LogP contribution in [0.25, 0.3) is 0 Å². The molecule has 74 valence electrons. The van der Waals surface area contributed by atoms with Crippen molar-refractivity contribution in [1.29, 1.82) is 0 Å². The Hall–Kier alpha value is -1.31. The monoisotopic (exact) mass is 189 g/mol. The van der Waals surface area contributed by atoms with Crippen LogP contribution in [0.15, 0.2) is 17.1 Å². The molecule has 0 saturated heterocycles. The van der Waals surface area contributed by atoms with E-state index in [4.69, 9.17) is 4.74 Å². The summed E-state index contributed by atoms with van der Waals surface area (Å²) in [5.74, 6) is 0.811. The Morgan fingerprint density at radius 1 is 1.07 bits per heavy atom. The molecular formula is C12H15NO. The highest BCUT2D eigenvalue weighted by molar-refractivity contribution is 5.96. The van der Waals surface area contributed by atoms with Crippen molar-refractivity contribution in [2.45, 2.75) is 20.8 Å². The van der Waals surface area contributed by atoms with Gasteiger partial charge in [0.2, 0.25) is 5.90 Å². The van der Waals surface area contributed by atoms with Crippen molar-refractivity contribution in [3.8, 4) is 0 Å². The van der Waals surface area contributed by atoms with Crippen molar-refractivity contribution in [3.63, 3.8) is 0 Å². The normalized spacial score (nSPS) is 15.2. The summed E-state index contributed by atoms with van der Waals surface area (Å²) in [6.45, 7) is 7.87. The van der Waals surface area contributed by atoms with E-state index in [0.717, 1.165) is 24.6 Å². The lowest BCUT2D eigenvalue weighted by atomic mass is 10.0. The molecule has 0 aliphatic carbocycles. The molecule has 1 aliphatic rings. The summed E-state index contributed by atoms with van der Waals surface area (Å²) in [5, 5.41) is 0. The van der Waals surface area contributed by atoms with E-state index < -0.39 is 0 Å². The summed E-state index contributed by atoms with van der Waals surface area (Å²) in [5.41, 5.74) is 5.01. The Bertz CT molecular complexity index is 394. The van der Waals surface area contributed by atoms with Crippen LogP contribution in [0.4, 0.5) is 0 Å². The standard InChI is InChI=1S/C12H15NO/c1-8-6-10(3)11(7-9(8)2)12-13-4-5-14-12/h6-7H,4-5H2,1-3H3. The van der Waals surface area contributed by atoms with Gasteiger partial charge in [0.05, 0.1) is 6.54 Å². The largest absolute Gasteiger partial charge is 0.476 e. The molecule has 0 atom stereocenters. The average Bonchev–Trinajstić information content (AvgIpc) is 2.64. The molecule has 1 aromatic rings. The predicted molar refractivity (Wildman–Crippen MR) is 58.0 cm³/mol. The molecule has 2 heteroatoms. The summed E-state index contributed by atoms with van der Waals surface area (Å²) >= 11 is 0. The molecule has 14 heavy (non-hydrogen) atoms. The lowest BCUT2D eigenvalue weighted by Gasteiger charge is -2.09. The summed E-state index contributed by atoms with van der Waals surface area (Å²) in [6, 6.07) is 4.35. The zero-order valence-electron chi connectivity index (χ0n) is 8.92. The number of nitrogens with zero attached hydrogens (tertiary/aromatic N) is 1. The molecule has 0 spiro atoms. The van der Waals surface area contributed by atoms with E-state index in [1.54, 1.807) is 0 Å². The van der Waals surface area contributed by atoms with Crippen LogP contribution >= 0.6 is 0 Å². The average molecular weight is 189 g/mol. The van der Waals surface area contributed by atoms with Crippen LogP contribution in [-0.2, 0) is 4.74 Å². The molecule has 1 heterocycles. The van der Waals surface area contributed by atoms with Gasteiger partial charge in [-0.15, -0.1) is 0 Å². The first-order chi connectivity index (χ1) is 6.68. The Labute approximate surface area is 84.6 Å². The number of hydrogen-bond donors (Lipinski definition) is 0. The number of aryl methyl sites for hydroxylation is 3. The summed E-state index contributed by atoms with van der Waals surface area (Å²) in [4.78, 5) is 4.33. The van der Waals surface area contributed by atoms with Gasteiger partial charge in [-0.25, -0.2) is 4.99 Å². The van der Waals surface area contributed by atoms with Crippen LogP contribution in [-0.4, -0.2) is 19.0 Å². The first-order valence-corrected chi connectivity index (χ1v) is 4.94. The van der Waals surface area contributed by atoms with Crippen molar-refractivity contribution in [3.05, 3.63) is 34.4 Å². The molecule has 0 fully saturated rings. The minimum absolute atomic E-state index is 0.724. The van der Waals surface area contributed by atoms with E-state index in [1.807, 2.05) is 0 Å². The first kappa shape index (κ1) is 9.25. The van der Waals surface area contributed by atoms with Gasteiger partial charge in [0, 0.05) is 5.56 Å². The molecule has 0 aromatic heterocycles. The quantitative estimate of drug-likeness (QED) is 0.664. The van der Waals surface area contributed by atoms with Gasteiger partial charge in [-0.2, -0.15) is 0 Å². The minimum Gasteiger partial charge on any atom is -0.476 e.